The molecule has 0 saturated heterocycles. The first kappa shape index (κ1) is 54.9. The zero-order valence-electron chi connectivity index (χ0n) is 43.2. The summed E-state index contributed by atoms with van der Waals surface area (Å²) in [6.45, 7) is 1.58. The zero-order valence-corrected chi connectivity index (χ0v) is 43.2. The van der Waals surface area contributed by atoms with Gasteiger partial charge in [-0.3, -0.25) is 38.4 Å². The first-order valence-electron chi connectivity index (χ1n) is 26.3. The first-order valence-corrected chi connectivity index (χ1v) is 26.3. The van der Waals surface area contributed by atoms with E-state index >= 15 is 4.39 Å². The molecule has 2 aromatic heterocycles. The zero-order chi connectivity index (χ0) is 55.4. The van der Waals surface area contributed by atoms with E-state index in [0.717, 1.165) is 5.56 Å². The third kappa shape index (κ3) is 11.7. The Bertz CT molecular complexity index is 3180. The summed E-state index contributed by atoms with van der Waals surface area (Å²) in [6.07, 6.45) is 4.76. The third-order valence-electron chi connectivity index (χ3n) is 15.1. The van der Waals surface area contributed by atoms with Crippen LogP contribution in [0.5, 0.6) is 0 Å². The van der Waals surface area contributed by atoms with Gasteiger partial charge in [0, 0.05) is 48.0 Å². The summed E-state index contributed by atoms with van der Waals surface area (Å²) >= 11 is 0. The lowest BCUT2D eigenvalue weighted by molar-refractivity contribution is -0.172. The van der Waals surface area contributed by atoms with Gasteiger partial charge >= 0.3 is 5.97 Å². The number of unbranched alkanes of at least 4 members (excludes halogenated alkanes) is 2. The van der Waals surface area contributed by atoms with Crippen molar-refractivity contribution >= 4 is 58.2 Å². The van der Waals surface area contributed by atoms with E-state index < -0.39 is 96.5 Å². The Morgan fingerprint density at radius 1 is 0.885 bits per heavy atom. The van der Waals surface area contributed by atoms with Crippen LogP contribution >= 0.6 is 0 Å². The minimum absolute atomic E-state index is 0.0439. The number of carbonyl (C=O) groups is 8. The van der Waals surface area contributed by atoms with Gasteiger partial charge in [-0.15, -0.1) is 0 Å². The molecule has 0 bridgehead atoms. The summed E-state index contributed by atoms with van der Waals surface area (Å²) in [5.41, 5.74) is 1.98. The fourth-order valence-corrected chi connectivity index (χ4v) is 10.6. The first-order chi connectivity index (χ1) is 37.4. The molecule has 8 N–H and O–H groups in total. The molecule has 412 valence electrons. The largest absolute Gasteiger partial charge is 0.458 e. The number of cyclic esters (lactones) is 1. The van der Waals surface area contributed by atoms with Crippen molar-refractivity contribution in [2.75, 3.05) is 32.9 Å². The molecule has 23 heteroatoms. The van der Waals surface area contributed by atoms with Crippen molar-refractivity contribution in [1.29, 1.82) is 0 Å². The summed E-state index contributed by atoms with van der Waals surface area (Å²) < 4.78 is 28.3. The number of carbonyl (C=O) groups excluding carboxylic acids is 8. The van der Waals surface area contributed by atoms with E-state index in [-0.39, 0.29) is 68.0 Å². The number of aliphatic hydroxyl groups is 2. The van der Waals surface area contributed by atoms with Crippen LogP contribution in [0.2, 0.25) is 0 Å². The second-order valence-electron chi connectivity index (χ2n) is 20.3. The standard InChI is InChI=1S/C55H62FN9O13/c1-3-55(76)35-21-40-49-33(26-65(40)53(74)34(35)27-77-54(55)75)48-37(16-15-32-29(2)36(56)22-38(62-49)47(32)48)63-52(73)50(31-13-14-31)78-28-60-43(68)24-59-51(72)39(20-30-10-6-4-7-11-30)61-44(69)25-58-42(67)23-57-41(66)12-8-5-9-19-64-45(70)17-18-46(64)71/h4,6-7,10-11,17-18,21-22,31,37,39,45,50,70,76H,3,5,8-9,12-16,19-20,23-28H2,1-2H3,(H,57,66)(H,58,67)(H,59,72)(H,60,68)(H,61,69)(H,63,73)/t37-,39-,45?,50+,55-/m0/s1. The number of esters is 1. The molecule has 5 atom stereocenters. The quantitative estimate of drug-likeness (QED) is 0.0256. The molecule has 1 unspecified atom stereocenters. The van der Waals surface area contributed by atoms with Gasteiger partial charge in [0.05, 0.1) is 54.7 Å². The van der Waals surface area contributed by atoms with Gasteiger partial charge in [-0.05, 0) is 92.2 Å². The number of aromatic nitrogens is 2. The molecule has 2 aromatic carbocycles. The molecule has 4 aromatic rings. The van der Waals surface area contributed by atoms with Crippen molar-refractivity contribution in [3.8, 4) is 11.4 Å². The van der Waals surface area contributed by atoms with Crippen molar-refractivity contribution < 1.29 is 62.4 Å². The molecule has 5 heterocycles. The van der Waals surface area contributed by atoms with Crippen LogP contribution in [-0.4, -0.2) is 123 Å². The van der Waals surface area contributed by atoms with Crippen LogP contribution in [0.3, 0.4) is 0 Å². The lowest BCUT2D eigenvalue weighted by Gasteiger charge is -2.31. The number of aliphatic hydroxyl groups excluding tert-OH is 1. The van der Waals surface area contributed by atoms with E-state index in [1.165, 1.54) is 27.7 Å². The van der Waals surface area contributed by atoms with Crippen LogP contribution in [0.15, 0.2) is 59.4 Å². The maximum Gasteiger partial charge on any atom is 0.343 e. The Morgan fingerprint density at radius 2 is 1.62 bits per heavy atom. The summed E-state index contributed by atoms with van der Waals surface area (Å²) in [5, 5.41) is 37.7. The van der Waals surface area contributed by atoms with Gasteiger partial charge in [0.15, 0.2) is 5.60 Å². The third-order valence-corrected chi connectivity index (χ3v) is 15.1. The highest BCUT2D eigenvalue weighted by Gasteiger charge is 2.46. The van der Waals surface area contributed by atoms with Crippen molar-refractivity contribution in [2.45, 2.75) is 121 Å². The van der Waals surface area contributed by atoms with Gasteiger partial charge in [-0.1, -0.05) is 43.7 Å². The van der Waals surface area contributed by atoms with Gasteiger partial charge in [-0.25, -0.2) is 14.2 Å². The minimum Gasteiger partial charge on any atom is -0.458 e. The second-order valence-corrected chi connectivity index (χ2v) is 20.3. The fraction of sp³-hybridized carbons (Fsp3) is 0.455. The number of nitrogens with one attached hydrogen (secondary N) is 6. The normalized spacial score (nSPS) is 19.5. The van der Waals surface area contributed by atoms with E-state index in [1.54, 1.807) is 50.2 Å². The molecule has 78 heavy (non-hydrogen) atoms. The molecule has 22 nitrogen and oxygen atoms in total. The molecule has 7 amide bonds. The van der Waals surface area contributed by atoms with Crippen LogP contribution in [-0.2, 0) is 79.4 Å². The van der Waals surface area contributed by atoms with Crippen molar-refractivity contribution in [3.05, 3.63) is 110 Å². The van der Waals surface area contributed by atoms with E-state index in [2.05, 4.69) is 31.9 Å². The molecule has 2 aliphatic carbocycles. The number of fused-ring (bicyclic) bond motifs is 5. The molecule has 5 aliphatic rings. The Morgan fingerprint density at radius 3 is 2.35 bits per heavy atom. The predicted molar refractivity (Wildman–Crippen MR) is 275 cm³/mol. The number of hydrogen-bond acceptors (Lipinski definition) is 14. The summed E-state index contributed by atoms with van der Waals surface area (Å²) in [5.74, 6) is -5.28. The monoisotopic (exact) mass is 1080 g/mol. The molecule has 1 fully saturated rings. The number of aryl methyl sites for hydroxylation is 1. The van der Waals surface area contributed by atoms with E-state index in [0.29, 0.717) is 96.0 Å². The lowest BCUT2D eigenvalue weighted by atomic mass is 9.81. The molecule has 9 rings (SSSR count). The number of nitrogens with zero attached hydrogens (tertiary/aromatic N) is 3. The number of halogens is 1. The number of ether oxygens (including phenoxy) is 2. The van der Waals surface area contributed by atoms with Crippen LogP contribution < -0.4 is 37.5 Å². The smallest absolute Gasteiger partial charge is 0.343 e. The average molecular weight is 1080 g/mol. The number of rotatable bonds is 23. The SMILES string of the molecule is CC[C@@]1(O)C(=O)OCc2c1cc1n(c2=O)Cc2c-1nc1cc(F)c(C)c3c1c2[C@@H](NC(=O)[C@H](OCNC(=O)CNC(=O)[C@H](Cc1ccccc1)NC(=O)CNC(=O)CNC(=O)CCCCCN1C(=O)C=CC1O)C1CC1)CC3. The fourth-order valence-electron chi connectivity index (χ4n) is 10.6. The molecule has 1 saturated carbocycles. The van der Waals surface area contributed by atoms with Gasteiger partial charge in [0.25, 0.3) is 5.56 Å². The topological polar surface area (TPSA) is 306 Å². The van der Waals surface area contributed by atoms with Gasteiger partial charge in [0.2, 0.25) is 41.4 Å². The maximum absolute atomic E-state index is 15.5. The van der Waals surface area contributed by atoms with E-state index in [9.17, 15) is 53.4 Å². The minimum atomic E-state index is -2.05. The van der Waals surface area contributed by atoms with Gasteiger partial charge in [-0.2, -0.15) is 0 Å². The Balaban J connectivity index is 0.777. The van der Waals surface area contributed by atoms with Crippen molar-refractivity contribution in [3.63, 3.8) is 0 Å². The number of amides is 7. The summed E-state index contributed by atoms with van der Waals surface area (Å²) in [4.78, 5) is 124. The molecular formula is C55H62FN9O13. The van der Waals surface area contributed by atoms with E-state index in [1.807, 2.05) is 0 Å². The van der Waals surface area contributed by atoms with Crippen molar-refractivity contribution in [1.82, 2.24) is 46.4 Å². The van der Waals surface area contributed by atoms with Gasteiger partial charge in [0.1, 0.15) is 37.5 Å². The highest BCUT2D eigenvalue weighted by molar-refractivity contribution is 5.95. The molecule has 3 aliphatic heterocycles. The highest BCUT2D eigenvalue weighted by Crippen LogP contribution is 2.46. The Labute approximate surface area is 446 Å². The summed E-state index contributed by atoms with van der Waals surface area (Å²) in [7, 11) is 0. The van der Waals surface area contributed by atoms with Gasteiger partial charge < -0.3 is 61.1 Å². The second kappa shape index (κ2) is 23.4. The number of benzene rings is 2. The van der Waals surface area contributed by atoms with Crippen LogP contribution in [0.25, 0.3) is 22.3 Å². The molecule has 0 radical (unpaired) electrons. The van der Waals surface area contributed by atoms with Crippen molar-refractivity contribution in [2.24, 2.45) is 5.92 Å². The molecular weight excluding hydrogens is 1010 g/mol. The number of hydrogen-bond donors (Lipinski definition) is 8. The maximum atomic E-state index is 15.5. The highest BCUT2D eigenvalue weighted by atomic mass is 19.1. The Kier molecular flexibility index (Phi) is 16.4. The van der Waals surface area contributed by atoms with E-state index in [4.69, 9.17) is 14.5 Å². The number of pyridine rings is 2. The van der Waals surface area contributed by atoms with Crippen LogP contribution in [0.1, 0.15) is 103 Å². The Hall–Kier alpha value is -7.89. The predicted octanol–water partition coefficient (Wildman–Crippen LogP) is 0.853. The van der Waals surface area contributed by atoms with Crippen LogP contribution in [0, 0.1) is 18.7 Å². The average Bonchev–Trinajstić information content (AvgIpc) is 4.32. The summed E-state index contributed by atoms with van der Waals surface area (Å²) in [6, 6.07) is 9.93. The molecule has 0 spiro atoms. The van der Waals surface area contributed by atoms with Crippen LogP contribution in [0.4, 0.5) is 4.39 Å². The lowest BCUT2D eigenvalue weighted by Crippen LogP contribution is -2.52.